The summed E-state index contributed by atoms with van der Waals surface area (Å²) in [6.07, 6.45) is 2.60. The van der Waals surface area contributed by atoms with Crippen molar-refractivity contribution in [1.29, 1.82) is 0 Å². The first-order valence-corrected chi connectivity index (χ1v) is 10.3. The first kappa shape index (κ1) is 21.8. The second-order valence-corrected chi connectivity index (χ2v) is 7.91. The standard InChI is InChI=1S/C21H30N6O3/c1-13(2)30-21(29)23-18-10-14(3)27(15(4)28)20-7-6-16(11-17(18)20)19-12-26(25-24-19)9-5-8-22/h6-7,11-14,18H,5,8-10,22H2,1-4H3,(H,23,29). The lowest BCUT2D eigenvalue weighted by molar-refractivity contribution is -0.117. The van der Waals surface area contributed by atoms with Gasteiger partial charge in [-0.15, -0.1) is 5.10 Å². The van der Waals surface area contributed by atoms with Gasteiger partial charge in [-0.3, -0.25) is 9.48 Å². The molecule has 1 aliphatic heterocycles. The van der Waals surface area contributed by atoms with E-state index in [1.165, 1.54) is 0 Å². The molecule has 2 atom stereocenters. The fourth-order valence-electron chi connectivity index (χ4n) is 3.82. The van der Waals surface area contributed by atoms with Gasteiger partial charge in [-0.05, 0) is 57.9 Å². The highest BCUT2D eigenvalue weighted by atomic mass is 16.6. The van der Waals surface area contributed by atoms with Crippen LogP contribution >= 0.6 is 0 Å². The first-order chi connectivity index (χ1) is 14.3. The summed E-state index contributed by atoms with van der Waals surface area (Å²) in [5, 5.41) is 11.4. The maximum absolute atomic E-state index is 12.3. The third-order valence-electron chi connectivity index (χ3n) is 5.08. The number of carbonyl (C=O) groups is 2. The van der Waals surface area contributed by atoms with E-state index in [0.717, 1.165) is 28.9 Å². The van der Waals surface area contributed by atoms with Crippen LogP contribution in [0.15, 0.2) is 24.4 Å². The number of hydrogen-bond donors (Lipinski definition) is 2. The summed E-state index contributed by atoms with van der Waals surface area (Å²) in [4.78, 5) is 26.3. The summed E-state index contributed by atoms with van der Waals surface area (Å²) in [6.45, 7) is 8.44. The Hall–Kier alpha value is -2.94. The first-order valence-electron chi connectivity index (χ1n) is 10.3. The minimum absolute atomic E-state index is 0.0348. The van der Waals surface area contributed by atoms with Crippen LogP contribution in [0.25, 0.3) is 11.3 Å². The van der Waals surface area contributed by atoms with Gasteiger partial charge in [-0.1, -0.05) is 11.3 Å². The van der Waals surface area contributed by atoms with E-state index in [-0.39, 0.29) is 24.1 Å². The molecule has 9 nitrogen and oxygen atoms in total. The average Bonchev–Trinajstić information content (AvgIpc) is 3.14. The lowest BCUT2D eigenvalue weighted by Gasteiger charge is -2.39. The molecule has 1 aliphatic rings. The Morgan fingerprint density at radius 2 is 2.13 bits per heavy atom. The molecule has 162 valence electrons. The number of ether oxygens (including phenoxy) is 1. The quantitative estimate of drug-likeness (QED) is 0.751. The van der Waals surface area contributed by atoms with E-state index in [4.69, 9.17) is 10.5 Å². The molecule has 3 rings (SSSR count). The molecule has 0 bridgehead atoms. The van der Waals surface area contributed by atoms with Gasteiger partial charge in [-0.25, -0.2) is 4.79 Å². The highest BCUT2D eigenvalue weighted by Gasteiger charge is 2.34. The van der Waals surface area contributed by atoms with E-state index >= 15 is 0 Å². The van der Waals surface area contributed by atoms with E-state index < -0.39 is 6.09 Å². The number of carbonyl (C=O) groups excluding carboxylic acids is 2. The smallest absolute Gasteiger partial charge is 0.407 e. The van der Waals surface area contributed by atoms with Crippen molar-refractivity contribution in [1.82, 2.24) is 20.3 Å². The van der Waals surface area contributed by atoms with Crippen molar-refractivity contribution in [3.63, 3.8) is 0 Å². The van der Waals surface area contributed by atoms with Crippen LogP contribution in [-0.4, -0.2) is 45.7 Å². The molecular weight excluding hydrogens is 384 g/mol. The monoisotopic (exact) mass is 414 g/mol. The molecule has 1 aromatic carbocycles. The van der Waals surface area contributed by atoms with Crippen molar-refractivity contribution in [3.05, 3.63) is 30.0 Å². The van der Waals surface area contributed by atoms with Gasteiger partial charge in [0.25, 0.3) is 0 Å². The van der Waals surface area contributed by atoms with E-state index in [2.05, 4.69) is 15.6 Å². The van der Waals surface area contributed by atoms with Crippen LogP contribution < -0.4 is 16.0 Å². The van der Waals surface area contributed by atoms with Crippen LogP contribution in [0.4, 0.5) is 10.5 Å². The summed E-state index contributed by atoms with van der Waals surface area (Å²) in [7, 11) is 0. The van der Waals surface area contributed by atoms with E-state index in [9.17, 15) is 9.59 Å². The number of rotatable bonds is 6. The van der Waals surface area contributed by atoms with Gasteiger partial charge >= 0.3 is 6.09 Å². The summed E-state index contributed by atoms with van der Waals surface area (Å²) >= 11 is 0. The summed E-state index contributed by atoms with van der Waals surface area (Å²) in [5.74, 6) is -0.0348. The number of anilines is 1. The van der Waals surface area contributed by atoms with Crippen molar-refractivity contribution in [2.45, 2.75) is 65.3 Å². The minimum atomic E-state index is -0.470. The molecule has 1 aromatic heterocycles. The molecule has 2 aromatic rings. The molecule has 0 fully saturated rings. The lowest BCUT2D eigenvalue weighted by atomic mass is 9.90. The Balaban J connectivity index is 1.95. The predicted octanol–water partition coefficient (Wildman–Crippen LogP) is 2.61. The van der Waals surface area contributed by atoms with Gasteiger partial charge in [0.2, 0.25) is 5.91 Å². The van der Waals surface area contributed by atoms with Crippen LogP contribution in [0, 0.1) is 0 Å². The van der Waals surface area contributed by atoms with Crippen LogP contribution in [0.3, 0.4) is 0 Å². The molecule has 2 heterocycles. The third kappa shape index (κ3) is 4.79. The predicted molar refractivity (Wildman–Crippen MR) is 114 cm³/mol. The largest absolute Gasteiger partial charge is 0.447 e. The second kappa shape index (κ2) is 9.25. The Morgan fingerprint density at radius 1 is 1.37 bits per heavy atom. The van der Waals surface area contributed by atoms with Crippen molar-refractivity contribution >= 4 is 17.7 Å². The maximum Gasteiger partial charge on any atom is 0.407 e. The molecule has 0 radical (unpaired) electrons. The summed E-state index contributed by atoms with van der Waals surface area (Å²) in [5.41, 5.74) is 8.81. The van der Waals surface area contributed by atoms with Gasteiger partial charge < -0.3 is 20.7 Å². The fraction of sp³-hybridized carbons (Fsp3) is 0.524. The second-order valence-electron chi connectivity index (χ2n) is 7.91. The number of nitrogens with zero attached hydrogens (tertiary/aromatic N) is 4. The number of nitrogens with two attached hydrogens (primary N) is 1. The number of nitrogens with one attached hydrogen (secondary N) is 1. The molecule has 0 saturated heterocycles. The Morgan fingerprint density at radius 3 is 2.80 bits per heavy atom. The van der Waals surface area contributed by atoms with Crippen molar-refractivity contribution in [2.75, 3.05) is 11.4 Å². The number of aryl methyl sites for hydroxylation is 1. The molecule has 9 heteroatoms. The topological polar surface area (TPSA) is 115 Å². The van der Waals surface area contributed by atoms with Crippen LogP contribution in [-0.2, 0) is 16.1 Å². The Labute approximate surface area is 176 Å². The van der Waals surface area contributed by atoms with Gasteiger partial charge in [0.1, 0.15) is 5.69 Å². The van der Waals surface area contributed by atoms with Gasteiger partial charge in [0.05, 0.1) is 18.3 Å². The number of fused-ring (bicyclic) bond motifs is 1. The van der Waals surface area contributed by atoms with Crippen molar-refractivity contribution in [3.8, 4) is 11.3 Å². The number of alkyl carbamates (subject to hydrolysis) is 1. The SMILES string of the molecule is CC(=O)N1c2ccc(-c3cn(CCCN)nn3)cc2C(NC(=O)OC(C)C)CC1C. The average molecular weight is 415 g/mol. The molecule has 0 saturated carbocycles. The molecule has 30 heavy (non-hydrogen) atoms. The van der Waals surface area contributed by atoms with Gasteiger partial charge in [0, 0.05) is 30.8 Å². The molecular formula is C21H30N6O3. The highest BCUT2D eigenvalue weighted by Crippen LogP contribution is 2.39. The Kier molecular flexibility index (Phi) is 6.71. The summed E-state index contributed by atoms with van der Waals surface area (Å²) in [6, 6.07) is 5.47. The van der Waals surface area contributed by atoms with E-state index in [1.54, 1.807) is 30.4 Å². The zero-order chi connectivity index (χ0) is 21.8. The Bertz CT molecular complexity index is 910. The molecule has 2 unspecified atom stereocenters. The zero-order valence-corrected chi connectivity index (χ0v) is 18.0. The maximum atomic E-state index is 12.3. The van der Waals surface area contributed by atoms with Gasteiger partial charge in [-0.2, -0.15) is 0 Å². The molecule has 2 amide bonds. The van der Waals surface area contributed by atoms with E-state index in [1.807, 2.05) is 31.3 Å². The summed E-state index contributed by atoms with van der Waals surface area (Å²) < 4.78 is 7.03. The number of benzene rings is 1. The van der Waals surface area contributed by atoms with Crippen molar-refractivity contribution < 1.29 is 14.3 Å². The molecule has 0 aliphatic carbocycles. The van der Waals surface area contributed by atoms with Gasteiger partial charge in [0.15, 0.2) is 0 Å². The van der Waals surface area contributed by atoms with Crippen LogP contribution in [0.2, 0.25) is 0 Å². The zero-order valence-electron chi connectivity index (χ0n) is 18.0. The van der Waals surface area contributed by atoms with Crippen molar-refractivity contribution in [2.24, 2.45) is 5.73 Å². The van der Waals surface area contributed by atoms with Crippen LogP contribution in [0.5, 0.6) is 0 Å². The van der Waals surface area contributed by atoms with E-state index in [0.29, 0.717) is 19.5 Å². The number of hydrogen-bond acceptors (Lipinski definition) is 6. The fourth-order valence-corrected chi connectivity index (χ4v) is 3.82. The minimum Gasteiger partial charge on any atom is -0.447 e. The number of amides is 2. The third-order valence-corrected chi connectivity index (χ3v) is 5.08. The van der Waals surface area contributed by atoms with Crippen LogP contribution in [0.1, 0.15) is 52.1 Å². The lowest BCUT2D eigenvalue weighted by Crippen LogP contribution is -2.45. The highest BCUT2D eigenvalue weighted by molar-refractivity contribution is 5.94. The normalized spacial score (nSPS) is 18.3. The number of aromatic nitrogens is 3. The molecule has 3 N–H and O–H groups in total. The molecule has 0 spiro atoms.